The second-order valence-corrected chi connectivity index (χ2v) is 4.19. The van der Waals surface area contributed by atoms with Gasteiger partial charge in [0, 0.05) is 18.5 Å². The summed E-state index contributed by atoms with van der Waals surface area (Å²) in [5, 5.41) is 6.91. The summed E-state index contributed by atoms with van der Waals surface area (Å²) in [5.41, 5.74) is 0.491. The third-order valence-corrected chi connectivity index (χ3v) is 2.80. The van der Waals surface area contributed by atoms with Crippen molar-refractivity contribution in [3.63, 3.8) is 0 Å². The summed E-state index contributed by atoms with van der Waals surface area (Å²) in [4.78, 5) is 4.08. The van der Waals surface area contributed by atoms with Gasteiger partial charge < -0.3 is 14.6 Å². The lowest BCUT2D eigenvalue weighted by molar-refractivity contribution is 0.380. The molecule has 0 spiro atoms. The van der Waals surface area contributed by atoms with E-state index in [1.54, 1.807) is 19.1 Å². The van der Waals surface area contributed by atoms with Crippen LogP contribution in [0.3, 0.4) is 0 Å². The molecule has 0 amide bonds. The minimum absolute atomic E-state index is 0.227. The van der Waals surface area contributed by atoms with Crippen LogP contribution < -0.4 is 10.1 Å². The normalized spacial score (nSPS) is 12.4. The highest BCUT2D eigenvalue weighted by molar-refractivity contribution is 5.36. The molecule has 0 aliphatic heterocycles. The van der Waals surface area contributed by atoms with Gasteiger partial charge in [0.15, 0.2) is 5.82 Å². The number of methoxy groups -OCH3 is 1. The van der Waals surface area contributed by atoms with Crippen molar-refractivity contribution in [2.45, 2.75) is 26.4 Å². The number of ether oxygens (including phenoxy) is 1. The summed E-state index contributed by atoms with van der Waals surface area (Å²) >= 11 is 0. The van der Waals surface area contributed by atoms with Crippen molar-refractivity contribution in [3.8, 4) is 5.75 Å². The Hall–Kier alpha value is -1.95. The molecule has 19 heavy (non-hydrogen) atoms. The molecule has 1 atom stereocenters. The number of hydrogen-bond acceptors (Lipinski definition) is 5. The van der Waals surface area contributed by atoms with Crippen LogP contribution in [-0.4, -0.2) is 17.3 Å². The maximum absolute atomic E-state index is 13.8. The number of hydrogen-bond donors (Lipinski definition) is 1. The van der Waals surface area contributed by atoms with E-state index in [2.05, 4.69) is 15.5 Å². The van der Waals surface area contributed by atoms with Crippen LogP contribution in [-0.2, 0) is 6.54 Å². The van der Waals surface area contributed by atoms with E-state index in [0.29, 0.717) is 29.6 Å². The van der Waals surface area contributed by atoms with Crippen molar-refractivity contribution in [3.05, 3.63) is 41.3 Å². The molecule has 0 saturated carbocycles. The fourth-order valence-electron chi connectivity index (χ4n) is 1.88. The van der Waals surface area contributed by atoms with E-state index in [9.17, 15) is 4.39 Å². The van der Waals surface area contributed by atoms with E-state index >= 15 is 0 Å². The second-order valence-electron chi connectivity index (χ2n) is 4.19. The van der Waals surface area contributed by atoms with E-state index in [0.717, 1.165) is 0 Å². The van der Waals surface area contributed by atoms with Gasteiger partial charge in [-0.3, -0.25) is 0 Å². The molecule has 0 radical (unpaired) electrons. The molecule has 6 heteroatoms. The van der Waals surface area contributed by atoms with Crippen molar-refractivity contribution < 1.29 is 13.7 Å². The van der Waals surface area contributed by atoms with Crippen LogP contribution in [0.1, 0.15) is 30.2 Å². The largest absolute Gasteiger partial charge is 0.496 e. The Morgan fingerprint density at radius 3 is 2.89 bits per heavy atom. The summed E-state index contributed by atoms with van der Waals surface area (Å²) in [5.74, 6) is 1.26. The molecule has 0 aliphatic rings. The molecule has 0 saturated heterocycles. The number of nitrogens with zero attached hydrogens (tertiary/aromatic N) is 2. The van der Waals surface area contributed by atoms with E-state index in [-0.39, 0.29) is 11.9 Å². The van der Waals surface area contributed by atoms with Gasteiger partial charge in [-0.25, -0.2) is 4.39 Å². The van der Waals surface area contributed by atoms with Gasteiger partial charge >= 0.3 is 0 Å². The summed E-state index contributed by atoms with van der Waals surface area (Å²) in [6.45, 7) is 3.98. The van der Waals surface area contributed by atoms with Gasteiger partial charge in [-0.2, -0.15) is 4.98 Å². The zero-order valence-electron chi connectivity index (χ0n) is 11.1. The highest BCUT2D eigenvalue weighted by atomic mass is 19.1. The monoisotopic (exact) mass is 265 g/mol. The Balaban J connectivity index is 2.09. The topological polar surface area (TPSA) is 60.2 Å². The molecule has 0 bridgehead atoms. The van der Waals surface area contributed by atoms with Crippen molar-refractivity contribution in [1.82, 2.24) is 15.5 Å². The van der Waals surface area contributed by atoms with Gasteiger partial charge in [-0.1, -0.05) is 11.2 Å². The molecule has 2 rings (SSSR count). The number of aryl methyl sites for hydroxylation is 1. The SMILES string of the molecule is COc1cccc(F)c1C(C)NCc1noc(C)n1. The summed E-state index contributed by atoms with van der Waals surface area (Å²) in [6, 6.07) is 4.53. The van der Waals surface area contributed by atoms with Gasteiger partial charge in [0.25, 0.3) is 0 Å². The van der Waals surface area contributed by atoms with Crippen molar-refractivity contribution in [1.29, 1.82) is 0 Å². The Bertz CT molecular complexity index is 557. The Labute approximate surface area is 110 Å². The molecule has 1 aromatic carbocycles. The number of halogens is 1. The highest BCUT2D eigenvalue weighted by Gasteiger charge is 2.16. The van der Waals surface area contributed by atoms with Crippen LogP contribution >= 0.6 is 0 Å². The summed E-state index contributed by atoms with van der Waals surface area (Å²) in [6.07, 6.45) is 0. The lowest BCUT2D eigenvalue weighted by atomic mass is 10.1. The van der Waals surface area contributed by atoms with Gasteiger partial charge in [0.05, 0.1) is 13.7 Å². The molecule has 0 aliphatic carbocycles. The zero-order valence-corrected chi connectivity index (χ0v) is 11.1. The van der Waals surface area contributed by atoms with Crippen LogP contribution in [0.2, 0.25) is 0 Å². The molecule has 1 aromatic heterocycles. The number of benzene rings is 1. The first-order valence-electron chi connectivity index (χ1n) is 5.96. The van der Waals surface area contributed by atoms with E-state index in [4.69, 9.17) is 9.26 Å². The molecular weight excluding hydrogens is 249 g/mol. The Morgan fingerprint density at radius 2 is 2.26 bits per heavy atom. The highest BCUT2D eigenvalue weighted by Crippen LogP contribution is 2.27. The quantitative estimate of drug-likeness (QED) is 0.899. The Morgan fingerprint density at radius 1 is 1.47 bits per heavy atom. The van der Waals surface area contributed by atoms with Crippen molar-refractivity contribution >= 4 is 0 Å². The predicted molar refractivity (Wildman–Crippen MR) is 67.2 cm³/mol. The summed E-state index contributed by atoms with van der Waals surface area (Å²) < 4.78 is 23.9. The molecule has 1 unspecified atom stereocenters. The zero-order chi connectivity index (χ0) is 13.8. The van der Waals surface area contributed by atoms with E-state index in [1.807, 2.05) is 6.92 Å². The molecule has 1 heterocycles. The van der Waals surface area contributed by atoms with Crippen molar-refractivity contribution in [2.24, 2.45) is 0 Å². The number of nitrogens with one attached hydrogen (secondary N) is 1. The molecule has 102 valence electrons. The first-order valence-corrected chi connectivity index (χ1v) is 5.96. The molecule has 1 N–H and O–H groups in total. The maximum atomic E-state index is 13.8. The van der Waals surface area contributed by atoms with Gasteiger partial charge in [-0.15, -0.1) is 0 Å². The maximum Gasteiger partial charge on any atom is 0.223 e. The van der Waals surface area contributed by atoms with Crippen LogP contribution in [0.15, 0.2) is 22.7 Å². The van der Waals surface area contributed by atoms with Crippen molar-refractivity contribution in [2.75, 3.05) is 7.11 Å². The van der Waals surface area contributed by atoms with Crippen LogP contribution in [0.5, 0.6) is 5.75 Å². The number of aromatic nitrogens is 2. The smallest absolute Gasteiger partial charge is 0.223 e. The fourth-order valence-corrected chi connectivity index (χ4v) is 1.88. The first-order chi connectivity index (χ1) is 9.11. The van der Waals surface area contributed by atoms with Gasteiger partial charge in [-0.05, 0) is 19.1 Å². The minimum Gasteiger partial charge on any atom is -0.496 e. The average molecular weight is 265 g/mol. The second kappa shape index (κ2) is 5.79. The minimum atomic E-state index is -0.302. The van der Waals surface area contributed by atoms with E-state index in [1.165, 1.54) is 13.2 Å². The third kappa shape index (κ3) is 3.08. The van der Waals surface area contributed by atoms with Crippen LogP contribution in [0.4, 0.5) is 4.39 Å². The lowest BCUT2D eigenvalue weighted by Crippen LogP contribution is -2.20. The lowest BCUT2D eigenvalue weighted by Gasteiger charge is -2.17. The molecule has 5 nitrogen and oxygen atoms in total. The molecular formula is C13H16FN3O2. The Kier molecular flexibility index (Phi) is 4.11. The number of rotatable bonds is 5. The molecule has 2 aromatic rings. The standard InChI is InChI=1S/C13H16FN3O2/c1-8(15-7-12-16-9(2)19-17-12)13-10(14)5-4-6-11(13)18-3/h4-6,8,15H,7H2,1-3H3. The molecule has 0 fully saturated rings. The summed E-state index contributed by atoms with van der Waals surface area (Å²) in [7, 11) is 1.52. The first kappa shape index (κ1) is 13.5. The van der Waals surface area contributed by atoms with Crippen LogP contribution in [0.25, 0.3) is 0 Å². The van der Waals surface area contributed by atoms with Gasteiger partial charge in [0.1, 0.15) is 11.6 Å². The third-order valence-electron chi connectivity index (χ3n) is 2.80. The van der Waals surface area contributed by atoms with E-state index < -0.39 is 0 Å². The predicted octanol–water partition coefficient (Wildman–Crippen LogP) is 2.38. The average Bonchev–Trinajstić information content (AvgIpc) is 2.81. The fraction of sp³-hybridized carbons (Fsp3) is 0.385. The van der Waals surface area contributed by atoms with Crippen LogP contribution in [0, 0.1) is 12.7 Å². The van der Waals surface area contributed by atoms with Gasteiger partial charge in [0.2, 0.25) is 5.89 Å².